The van der Waals surface area contributed by atoms with Crippen molar-refractivity contribution in [3.05, 3.63) is 59.2 Å². The third kappa shape index (κ3) is 8.32. The predicted octanol–water partition coefficient (Wildman–Crippen LogP) is 5.93. The van der Waals surface area contributed by atoms with Crippen LogP contribution in [0.2, 0.25) is 0 Å². The fourth-order valence-corrected chi connectivity index (χ4v) is 5.55. The summed E-state index contributed by atoms with van der Waals surface area (Å²) in [4.78, 5) is 35.0. The minimum Gasteiger partial charge on any atom is -0.355 e. The zero-order valence-corrected chi connectivity index (χ0v) is 25.3. The molecule has 0 radical (unpaired) electrons. The van der Waals surface area contributed by atoms with E-state index < -0.39 is 0 Å². The lowest BCUT2D eigenvalue weighted by molar-refractivity contribution is 0.0751. The van der Waals surface area contributed by atoms with E-state index in [1.165, 1.54) is 32.4 Å². The summed E-state index contributed by atoms with van der Waals surface area (Å²) in [7, 11) is 1.64. The Morgan fingerprint density at radius 1 is 0.878 bits per heavy atom. The lowest BCUT2D eigenvalue weighted by atomic mass is 10.1. The molecule has 8 heteroatoms. The molecule has 1 aliphatic rings. The average Bonchev–Trinajstić information content (AvgIpc) is 3.36. The van der Waals surface area contributed by atoms with Crippen molar-refractivity contribution in [2.45, 2.75) is 78.3 Å². The van der Waals surface area contributed by atoms with Gasteiger partial charge in [-0.05, 0) is 87.6 Å². The molecule has 2 heterocycles. The van der Waals surface area contributed by atoms with E-state index in [1.807, 2.05) is 47.4 Å². The number of likely N-dealkylation sites (tertiary alicyclic amines) is 1. The van der Waals surface area contributed by atoms with Gasteiger partial charge in [-0.3, -0.25) is 9.59 Å². The molecule has 1 saturated heterocycles. The van der Waals surface area contributed by atoms with Crippen LogP contribution in [0.4, 0.5) is 5.95 Å². The van der Waals surface area contributed by atoms with Crippen molar-refractivity contribution in [3.8, 4) is 0 Å². The number of carbonyl (C=O) groups is 2. The van der Waals surface area contributed by atoms with E-state index in [-0.39, 0.29) is 11.8 Å². The normalized spacial score (nSPS) is 13.8. The summed E-state index contributed by atoms with van der Waals surface area (Å²) >= 11 is 0. The highest BCUT2D eigenvalue weighted by molar-refractivity contribution is 5.98. The summed E-state index contributed by atoms with van der Waals surface area (Å²) < 4.78 is 2.25. The summed E-state index contributed by atoms with van der Waals surface area (Å²) in [6.07, 6.45) is 9.12. The first-order chi connectivity index (χ1) is 20.0. The van der Waals surface area contributed by atoms with Gasteiger partial charge in [0.15, 0.2) is 0 Å². The molecule has 1 aliphatic heterocycles. The number of hydrogen-bond acceptors (Lipinski definition) is 5. The van der Waals surface area contributed by atoms with E-state index >= 15 is 0 Å². The molecule has 2 N–H and O–H groups in total. The maximum absolute atomic E-state index is 13.6. The van der Waals surface area contributed by atoms with Crippen LogP contribution < -0.4 is 10.6 Å². The average molecular weight is 561 g/mol. The van der Waals surface area contributed by atoms with Gasteiger partial charge in [-0.1, -0.05) is 45.2 Å². The molecule has 1 fully saturated rings. The molecule has 3 aromatic rings. The molecule has 4 rings (SSSR count). The number of aryl methyl sites for hydroxylation is 1. The van der Waals surface area contributed by atoms with Crippen LogP contribution in [0.15, 0.2) is 42.5 Å². The Morgan fingerprint density at radius 2 is 1.56 bits per heavy atom. The molecule has 1 aromatic heterocycles. The van der Waals surface area contributed by atoms with Crippen molar-refractivity contribution in [2.24, 2.45) is 0 Å². The number of nitrogens with one attached hydrogen (secondary N) is 2. The molecule has 41 heavy (non-hydrogen) atoms. The molecule has 2 aromatic carbocycles. The summed E-state index contributed by atoms with van der Waals surface area (Å²) in [6.45, 7) is 10.8. The number of unbranched alkanes of at least 4 members (excludes halogenated alkanes) is 2. The van der Waals surface area contributed by atoms with Gasteiger partial charge in [0.25, 0.3) is 11.8 Å². The molecule has 0 saturated carbocycles. The Kier molecular flexibility index (Phi) is 11.6. The summed E-state index contributed by atoms with van der Waals surface area (Å²) in [5.74, 6) is 0.835. The van der Waals surface area contributed by atoms with Crippen LogP contribution in [-0.2, 0) is 13.1 Å². The predicted molar refractivity (Wildman–Crippen MR) is 168 cm³/mol. The number of carbonyl (C=O) groups excluding carboxylic acids is 2. The number of amides is 2. The molecule has 2 amide bonds. The molecular formula is C33H48N6O2. The van der Waals surface area contributed by atoms with Gasteiger partial charge in [0.1, 0.15) is 0 Å². The van der Waals surface area contributed by atoms with Crippen molar-refractivity contribution in [2.75, 3.05) is 45.1 Å². The van der Waals surface area contributed by atoms with Crippen molar-refractivity contribution >= 4 is 28.8 Å². The monoisotopic (exact) mass is 560 g/mol. The van der Waals surface area contributed by atoms with Crippen LogP contribution in [0.5, 0.6) is 0 Å². The molecule has 0 unspecified atom stereocenters. The topological polar surface area (TPSA) is 82.5 Å². The number of rotatable bonds is 15. The van der Waals surface area contributed by atoms with Crippen molar-refractivity contribution < 1.29 is 9.59 Å². The minimum absolute atomic E-state index is 0.0895. The summed E-state index contributed by atoms with van der Waals surface area (Å²) in [6, 6.07) is 13.6. The zero-order chi connectivity index (χ0) is 29.0. The Morgan fingerprint density at radius 3 is 2.22 bits per heavy atom. The van der Waals surface area contributed by atoms with Crippen molar-refractivity contribution in [3.63, 3.8) is 0 Å². The smallest absolute Gasteiger partial charge is 0.253 e. The highest BCUT2D eigenvalue weighted by Crippen LogP contribution is 2.24. The van der Waals surface area contributed by atoms with Crippen LogP contribution in [0.1, 0.15) is 91.5 Å². The molecule has 0 atom stereocenters. The maximum Gasteiger partial charge on any atom is 0.253 e. The first-order valence-corrected chi connectivity index (χ1v) is 15.6. The second-order valence-corrected chi connectivity index (χ2v) is 11.2. The standard InChI is InChI=1S/C33H48N6O2/c1-4-6-21-38(22-7-5-2)32(41)28-16-17-29-30(24-28)39(23-11-20-37-18-9-8-10-19-37)33(36-29)35-25-26-12-14-27(15-13-26)31(40)34-3/h12-17,24H,4-11,18-23,25H2,1-3H3,(H,34,40)(H,35,36). The molecule has 8 nitrogen and oxygen atoms in total. The number of nitrogens with zero attached hydrogens (tertiary/aromatic N) is 4. The van der Waals surface area contributed by atoms with Gasteiger partial charge in [0.2, 0.25) is 5.95 Å². The molecule has 222 valence electrons. The van der Waals surface area contributed by atoms with E-state index in [9.17, 15) is 9.59 Å². The van der Waals surface area contributed by atoms with E-state index in [2.05, 4.69) is 33.9 Å². The highest BCUT2D eigenvalue weighted by atomic mass is 16.2. The van der Waals surface area contributed by atoms with Gasteiger partial charge in [0, 0.05) is 44.4 Å². The third-order valence-electron chi connectivity index (χ3n) is 8.04. The van der Waals surface area contributed by atoms with Gasteiger partial charge in [-0.25, -0.2) is 4.98 Å². The number of hydrogen-bond donors (Lipinski definition) is 2. The Labute approximate surface area is 245 Å². The Balaban J connectivity index is 1.56. The zero-order valence-electron chi connectivity index (χ0n) is 25.3. The lowest BCUT2D eigenvalue weighted by Gasteiger charge is -2.26. The van der Waals surface area contributed by atoms with Gasteiger partial charge >= 0.3 is 0 Å². The van der Waals surface area contributed by atoms with Crippen LogP contribution in [-0.4, -0.2) is 70.9 Å². The molecule has 0 bridgehead atoms. The van der Waals surface area contributed by atoms with Crippen LogP contribution in [0, 0.1) is 0 Å². The van der Waals surface area contributed by atoms with Crippen LogP contribution in [0.25, 0.3) is 11.0 Å². The van der Waals surface area contributed by atoms with Gasteiger partial charge in [-0.15, -0.1) is 0 Å². The van der Waals surface area contributed by atoms with Crippen LogP contribution in [0.3, 0.4) is 0 Å². The second kappa shape index (κ2) is 15.6. The largest absolute Gasteiger partial charge is 0.355 e. The minimum atomic E-state index is -0.0895. The van der Waals surface area contributed by atoms with Gasteiger partial charge in [-0.2, -0.15) is 0 Å². The van der Waals surface area contributed by atoms with E-state index in [4.69, 9.17) is 4.98 Å². The third-order valence-corrected chi connectivity index (χ3v) is 8.04. The first-order valence-electron chi connectivity index (χ1n) is 15.6. The van der Waals surface area contributed by atoms with Crippen molar-refractivity contribution in [1.29, 1.82) is 0 Å². The summed E-state index contributed by atoms with van der Waals surface area (Å²) in [5.41, 5.74) is 4.34. The fourth-order valence-electron chi connectivity index (χ4n) is 5.55. The van der Waals surface area contributed by atoms with Crippen LogP contribution >= 0.6 is 0 Å². The number of piperidine rings is 1. The Hall–Kier alpha value is -3.39. The second-order valence-electron chi connectivity index (χ2n) is 11.2. The van der Waals surface area contributed by atoms with E-state index in [0.29, 0.717) is 12.1 Å². The molecular weight excluding hydrogens is 512 g/mol. The Bertz CT molecular complexity index is 1250. The summed E-state index contributed by atoms with van der Waals surface area (Å²) in [5, 5.41) is 6.20. The number of aromatic nitrogens is 2. The van der Waals surface area contributed by atoms with E-state index in [1.54, 1.807) is 7.05 Å². The number of anilines is 1. The lowest BCUT2D eigenvalue weighted by Crippen LogP contribution is -2.33. The van der Waals surface area contributed by atoms with Gasteiger partial charge in [0.05, 0.1) is 11.0 Å². The fraction of sp³-hybridized carbons (Fsp3) is 0.545. The molecule has 0 aliphatic carbocycles. The quantitative estimate of drug-likeness (QED) is 0.241. The molecule has 0 spiro atoms. The number of imidazole rings is 1. The highest BCUT2D eigenvalue weighted by Gasteiger charge is 2.19. The number of fused-ring (bicyclic) bond motifs is 1. The SMILES string of the molecule is CCCCN(CCCC)C(=O)c1ccc2nc(NCc3ccc(C(=O)NC)cc3)n(CCCN3CCCCC3)c2c1. The van der Waals surface area contributed by atoms with Crippen molar-refractivity contribution in [1.82, 2.24) is 24.7 Å². The van der Waals surface area contributed by atoms with Gasteiger partial charge < -0.3 is 25.0 Å². The first kappa shape index (κ1) is 30.6. The maximum atomic E-state index is 13.6. The number of benzene rings is 2. The van der Waals surface area contributed by atoms with E-state index in [0.717, 1.165) is 86.4 Å².